The molecule has 0 aliphatic heterocycles. The second-order valence-electron chi connectivity index (χ2n) is 2.08. The summed E-state index contributed by atoms with van der Waals surface area (Å²) >= 11 is 0. The zero-order valence-corrected chi connectivity index (χ0v) is 6.19. The third-order valence-corrected chi connectivity index (χ3v) is 1.41. The van der Waals surface area contributed by atoms with E-state index >= 15 is 0 Å². The summed E-state index contributed by atoms with van der Waals surface area (Å²) in [6.07, 6.45) is 0. The van der Waals surface area contributed by atoms with Gasteiger partial charge in [-0.15, -0.1) is 0 Å². The molecule has 4 N–H and O–H groups in total. The van der Waals surface area contributed by atoms with Gasteiger partial charge in [0.1, 0.15) is 5.82 Å². The summed E-state index contributed by atoms with van der Waals surface area (Å²) in [5.74, 6) is 4.83. The molecular weight excluding hydrogens is 145 g/mol. The molecule has 11 heavy (non-hydrogen) atoms. The number of nitrogens with two attached hydrogens (primary N) is 1. The van der Waals surface area contributed by atoms with Crippen molar-refractivity contribution in [2.24, 2.45) is 5.84 Å². The first kappa shape index (κ1) is 7.81. The number of hydrazine groups is 1. The van der Waals surface area contributed by atoms with Gasteiger partial charge in [-0.2, -0.15) is 0 Å². The number of nitrogens with one attached hydrogen (secondary N) is 2. The largest absolute Gasteiger partial charge is 0.386 e. The van der Waals surface area contributed by atoms with Crippen LogP contribution in [-0.4, -0.2) is 7.05 Å². The summed E-state index contributed by atoms with van der Waals surface area (Å²) in [5.41, 5.74) is 3.71. The van der Waals surface area contributed by atoms with Crippen molar-refractivity contribution in [3.05, 3.63) is 24.0 Å². The fraction of sp³-hybridized carbons (Fsp3) is 0.143. The van der Waals surface area contributed by atoms with Gasteiger partial charge in [0.2, 0.25) is 0 Å². The van der Waals surface area contributed by atoms with Crippen molar-refractivity contribution < 1.29 is 4.39 Å². The average Bonchev–Trinajstić information content (AvgIpc) is 2.04. The van der Waals surface area contributed by atoms with Crippen LogP contribution in [0.25, 0.3) is 0 Å². The van der Waals surface area contributed by atoms with Crippen molar-refractivity contribution >= 4 is 11.4 Å². The molecule has 0 heterocycles. The molecule has 0 bridgehead atoms. The Hall–Kier alpha value is -1.29. The predicted octanol–water partition coefficient (Wildman–Crippen LogP) is 1.15. The van der Waals surface area contributed by atoms with Crippen LogP contribution in [0.4, 0.5) is 15.8 Å². The van der Waals surface area contributed by atoms with Gasteiger partial charge >= 0.3 is 0 Å². The highest BCUT2D eigenvalue weighted by Crippen LogP contribution is 2.20. The topological polar surface area (TPSA) is 50.1 Å². The SMILES string of the molecule is CNc1ccc(F)cc1NN. The van der Waals surface area contributed by atoms with Gasteiger partial charge in [-0.05, 0) is 12.1 Å². The molecule has 0 aromatic heterocycles. The fourth-order valence-corrected chi connectivity index (χ4v) is 0.854. The van der Waals surface area contributed by atoms with Gasteiger partial charge in [0.15, 0.2) is 0 Å². The lowest BCUT2D eigenvalue weighted by Gasteiger charge is -2.06. The van der Waals surface area contributed by atoms with Crippen LogP contribution in [0.1, 0.15) is 0 Å². The Morgan fingerprint density at radius 3 is 2.64 bits per heavy atom. The lowest BCUT2D eigenvalue weighted by atomic mass is 10.2. The summed E-state index contributed by atoms with van der Waals surface area (Å²) in [5, 5.41) is 2.86. The number of nitrogen functional groups attached to an aromatic ring is 1. The van der Waals surface area contributed by atoms with E-state index in [0.717, 1.165) is 5.69 Å². The van der Waals surface area contributed by atoms with Crippen molar-refractivity contribution in [3.8, 4) is 0 Å². The third-order valence-electron chi connectivity index (χ3n) is 1.41. The Kier molecular flexibility index (Phi) is 2.28. The molecule has 0 aliphatic carbocycles. The maximum absolute atomic E-state index is 12.5. The Balaban J connectivity index is 3.06. The molecule has 0 saturated heterocycles. The predicted molar refractivity (Wildman–Crippen MR) is 43.8 cm³/mol. The second-order valence-corrected chi connectivity index (χ2v) is 2.08. The van der Waals surface area contributed by atoms with E-state index in [4.69, 9.17) is 5.84 Å². The molecule has 1 aromatic rings. The number of hydrogen-bond acceptors (Lipinski definition) is 3. The molecule has 3 nitrogen and oxygen atoms in total. The molecule has 1 aromatic carbocycles. The summed E-state index contributed by atoms with van der Waals surface area (Å²) in [7, 11) is 1.74. The zero-order valence-electron chi connectivity index (χ0n) is 6.19. The van der Waals surface area contributed by atoms with Crippen molar-refractivity contribution in [2.45, 2.75) is 0 Å². The van der Waals surface area contributed by atoms with Crippen LogP contribution in [0.15, 0.2) is 18.2 Å². The highest BCUT2D eigenvalue weighted by atomic mass is 19.1. The minimum absolute atomic E-state index is 0.308. The van der Waals surface area contributed by atoms with Gasteiger partial charge in [-0.25, -0.2) is 4.39 Å². The third kappa shape index (κ3) is 1.59. The summed E-state index contributed by atoms with van der Waals surface area (Å²) in [6, 6.07) is 4.31. The van der Waals surface area contributed by atoms with Crippen LogP contribution in [0.5, 0.6) is 0 Å². The number of rotatable bonds is 2. The van der Waals surface area contributed by atoms with E-state index in [1.807, 2.05) is 0 Å². The molecule has 0 unspecified atom stereocenters. The van der Waals surface area contributed by atoms with Crippen LogP contribution in [0.3, 0.4) is 0 Å². The molecule has 0 radical (unpaired) electrons. The van der Waals surface area contributed by atoms with Gasteiger partial charge in [0.25, 0.3) is 0 Å². The molecule has 0 atom stereocenters. The van der Waals surface area contributed by atoms with Crippen LogP contribution in [0.2, 0.25) is 0 Å². The van der Waals surface area contributed by atoms with Gasteiger partial charge in [-0.3, -0.25) is 5.84 Å². The minimum atomic E-state index is -0.308. The lowest BCUT2D eigenvalue weighted by Crippen LogP contribution is -2.09. The number of benzene rings is 1. The summed E-state index contributed by atoms with van der Waals surface area (Å²) in [6.45, 7) is 0. The standard InChI is InChI=1S/C7H10FN3/c1-10-6-3-2-5(8)4-7(6)11-9/h2-4,10-11H,9H2,1H3. The first-order valence-electron chi connectivity index (χ1n) is 3.22. The highest BCUT2D eigenvalue weighted by molar-refractivity contribution is 5.67. The van der Waals surface area contributed by atoms with Gasteiger partial charge < -0.3 is 10.7 Å². The van der Waals surface area contributed by atoms with Crippen molar-refractivity contribution in [1.82, 2.24) is 0 Å². The Morgan fingerprint density at radius 2 is 2.09 bits per heavy atom. The van der Waals surface area contributed by atoms with Gasteiger partial charge in [0.05, 0.1) is 11.4 Å². The van der Waals surface area contributed by atoms with E-state index < -0.39 is 0 Å². The van der Waals surface area contributed by atoms with E-state index in [0.29, 0.717) is 5.69 Å². The quantitative estimate of drug-likeness (QED) is 0.443. The van der Waals surface area contributed by atoms with Crippen molar-refractivity contribution in [3.63, 3.8) is 0 Å². The van der Waals surface area contributed by atoms with Gasteiger partial charge in [0, 0.05) is 13.1 Å². The molecule has 0 aliphatic rings. The maximum Gasteiger partial charge on any atom is 0.125 e. The Bertz CT molecular complexity index is 249. The minimum Gasteiger partial charge on any atom is -0.386 e. The summed E-state index contributed by atoms with van der Waals surface area (Å²) < 4.78 is 12.5. The van der Waals surface area contributed by atoms with E-state index in [-0.39, 0.29) is 5.82 Å². The molecular formula is C7H10FN3. The first-order chi connectivity index (χ1) is 5.27. The molecule has 0 spiro atoms. The first-order valence-corrected chi connectivity index (χ1v) is 3.22. The normalized spacial score (nSPS) is 9.36. The van der Waals surface area contributed by atoms with Crippen molar-refractivity contribution in [2.75, 3.05) is 17.8 Å². The highest BCUT2D eigenvalue weighted by Gasteiger charge is 1.98. The zero-order chi connectivity index (χ0) is 8.27. The van der Waals surface area contributed by atoms with Crippen molar-refractivity contribution in [1.29, 1.82) is 0 Å². The average molecular weight is 155 g/mol. The Morgan fingerprint density at radius 1 is 1.36 bits per heavy atom. The summed E-state index contributed by atoms with van der Waals surface area (Å²) in [4.78, 5) is 0. The van der Waals surface area contributed by atoms with E-state index in [1.165, 1.54) is 12.1 Å². The molecule has 0 amide bonds. The maximum atomic E-state index is 12.5. The molecule has 4 heteroatoms. The van der Waals surface area contributed by atoms with Crippen LogP contribution in [-0.2, 0) is 0 Å². The second kappa shape index (κ2) is 3.21. The Labute approximate surface area is 64.4 Å². The number of hydrogen-bond donors (Lipinski definition) is 3. The van der Waals surface area contributed by atoms with Gasteiger partial charge in [-0.1, -0.05) is 0 Å². The fourth-order valence-electron chi connectivity index (χ4n) is 0.854. The monoisotopic (exact) mass is 155 g/mol. The number of halogens is 1. The van der Waals surface area contributed by atoms with E-state index in [2.05, 4.69) is 10.7 Å². The number of anilines is 2. The van der Waals surface area contributed by atoms with E-state index in [1.54, 1.807) is 13.1 Å². The van der Waals surface area contributed by atoms with E-state index in [9.17, 15) is 4.39 Å². The van der Waals surface area contributed by atoms with Crippen LogP contribution < -0.4 is 16.6 Å². The molecule has 1 rings (SSSR count). The van der Waals surface area contributed by atoms with Crippen LogP contribution >= 0.6 is 0 Å². The molecule has 0 fully saturated rings. The lowest BCUT2D eigenvalue weighted by molar-refractivity contribution is 0.628. The smallest absolute Gasteiger partial charge is 0.125 e. The molecule has 0 saturated carbocycles. The van der Waals surface area contributed by atoms with Crippen LogP contribution in [0, 0.1) is 5.82 Å². The molecule has 60 valence electrons.